The minimum Gasteiger partial charge on any atom is -0.481 e. The molecule has 2 fully saturated rings. The number of carboxylic acids is 1. The second kappa shape index (κ2) is 7.19. The fourth-order valence-corrected chi connectivity index (χ4v) is 3.59. The van der Waals surface area contributed by atoms with E-state index >= 15 is 0 Å². The lowest BCUT2D eigenvalue weighted by Crippen LogP contribution is -2.50. The maximum absolute atomic E-state index is 12.4. The first-order valence-electron chi connectivity index (χ1n) is 8.61. The van der Waals surface area contributed by atoms with Gasteiger partial charge in [0, 0.05) is 25.0 Å². The summed E-state index contributed by atoms with van der Waals surface area (Å²) in [6, 6.07) is -0.0130. The Morgan fingerprint density at radius 1 is 1.25 bits per heavy atom. The number of carboxylic acid groups (broad SMARTS) is 1. The predicted molar refractivity (Wildman–Crippen MR) is 84.5 cm³/mol. The highest BCUT2D eigenvalue weighted by molar-refractivity contribution is 5.76. The Morgan fingerprint density at radius 2 is 2.00 bits per heavy atom. The zero-order valence-corrected chi connectivity index (χ0v) is 13.9. The van der Waals surface area contributed by atoms with Crippen molar-refractivity contribution < 1.29 is 19.2 Å². The van der Waals surface area contributed by atoms with Crippen LogP contribution in [0, 0.1) is 12.8 Å². The van der Waals surface area contributed by atoms with Gasteiger partial charge in [0.1, 0.15) is 0 Å². The van der Waals surface area contributed by atoms with E-state index in [1.807, 2.05) is 6.92 Å². The van der Waals surface area contributed by atoms with Crippen LogP contribution >= 0.6 is 0 Å². The smallest absolute Gasteiger partial charge is 0.317 e. The molecule has 1 aromatic heterocycles. The molecule has 2 N–H and O–H groups in total. The fraction of sp³-hybridized carbons (Fsp3) is 0.750. The van der Waals surface area contributed by atoms with Gasteiger partial charge in [0.25, 0.3) is 0 Å². The van der Waals surface area contributed by atoms with Gasteiger partial charge in [0.05, 0.1) is 5.92 Å². The van der Waals surface area contributed by atoms with Crippen LogP contribution in [0.4, 0.5) is 4.79 Å². The lowest BCUT2D eigenvalue weighted by atomic mass is 9.86. The lowest BCUT2D eigenvalue weighted by Gasteiger charge is -2.33. The van der Waals surface area contributed by atoms with Crippen molar-refractivity contribution in [3.8, 4) is 0 Å². The van der Waals surface area contributed by atoms with Crippen LogP contribution in [0.25, 0.3) is 0 Å². The summed E-state index contributed by atoms with van der Waals surface area (Å²) in [5.41, 5.74) is 0. The number of hydrogen-bond acceptors (Lipinski definition) is 5. The summed E-state index contributed by atoms with van der Waals surface area (Å²) in [7, 11) is 0. The van der Waals surface area contributed by atoms with E-state index in [1.54, 1.807) is 4.90 Å². The van der Waals surface area contributed by atoms with Gasteiger partial charge in [-0.3, -0.25) is 4.79 Å². The molecule has 1 saturated carbocycles. The van der Waals surface area contributed by atoms with Crippen molar-refractivity contribution in [3.63, 3.8) is 0 Å². The zero-order chi connectivity index (χ0) is 17.1. The van der Waals surface area contributed by atoms with Crippen LogP contribution in [0.3, 0.4) is 0 Å². The van der Waals surface area contributed by atoms with Crippen molar-refractivity contribution in [2.45, 2.75) is 57.4 Å². The number of urea groups is 1. The molecule has 24 heavy (non-hydrogen) atoms. The summed E-state index contributed by atoms with van der Waals surface area (Å²) in [5.74, 6) is 0.353. The Bertz CT molecular complexity index is 595. The van der Waals surface area contributed by atoms with E-state index in [4.69, 9.17) is 9.63 Å². The molecule has 0 aromatic carbocycles. The number of piperidine rings is 1. The largest absolute Gasteiger partial charge is 0.481 e. The number of aliphatic carboxylic acids is 1. The number of rotatable bonds is 3. The number of aryl methyl sites for hydroxylation is 1. The number of nitrogens with one attached hydrogen (secondary N) is 1. The van der Waals surface area contributed by atoms with E-state index in [-0.39, 0.29) is 18.0 Å². The summed E-state index contributed by atoms with van der Waals surface area (Å²) in [6.07, 6.45) is 4.94. The number of carbonyl (C=O) groups is 2. The molecule has 2 heterocycles. The van der Waals surface area contributed by atoms with Gasteiger partial charge < -0.3 is 19.8 Å². The average molecular weight is 336 g/mol. The third kappa shape index (κ3) is 3.85. The minimum absolute atomic E-state index is 0.128. The number of aromatic nitrogens is 2. The highest BCUT2D eigenvalue weighted by Gasteiger charge is 2.31. The Hall–Kier alpha value is -2.12. The maximum atomic E-state index is 12.4. The van der Waals surface area contributed by atoms with E-state index in [9.17, 15) is 9.59 Å². The van der Waals surface area contributed by atoms with E-state index < -0.39 is 11.9 Å². The monoisotopic (exact) mass is 336 g/mol. The summed E-state index contributed by atoms with van der Waals surface area (Å²) in [6.45, 7) is 2.74. The van der Waals surface area contributed by atoms with E-state index in [0.29, 0.717) is 31.2 Å². The number of nitrogens with zero attached hydrogens (tertiary/aromatic N) is 3. The van der Waals surface area contributed by atoms with Crippen molar-refractivity contribution >= 4 is 12.0 Å². The van der Waals surface area contributed by atoms with E-state index in [1.165, 1.54) is 0 Å². The summed E-state index contributed by atoms with van der Waals surface area (Å²) < 4.78 is 5.24. The molecule has 0 spiro atoms. The minimum atomic E-state index is -0.817. The van der Waals surface area contributed by atoms with Crippen molar-refractivity contribution in [3.05, 3.63) is 11.7 Å². The number of likely N-dealkylation sites (tertiary alicyclic amines) is 1. The molecule has 1 aliphatic heterocycles. The van der Waals surface area contributed by atoms with Gasteiger partial charge >= 0.3 is 12.0 Å². The van der Waals surface area contributed by atoms with Crippen LogP contribution in [0.2, 0.25) is 0 Å². The van der Waals surface area contributed by atoms with Gasteiger partial charge in [-0.1, -0.05) is 5.16 Å². The molecule has 2 amide bonds. The Kier molecular flexibility index (Phi) is 5.01. The van der Waals surface area contributed by atoms with Crippen LogP contribution in [-0.4, -0.2) is 51.3 Å². The number of hydrogen-bond donors (Lipinski definition) is 2. The molecule has 8 heteroatoms. The summed E-state index contributed by atoms with van der Waals surface area (Å²) >= 11 is 0. The molecule has 0 bridgehead atoms. The molecule has 8 nitrogen and oxygen atoms in total. The highest BCUT2D eigenvalue weighted by atomic mass is 16.5. The Labute approximate surface area is 140 Å². The van der Waals surface area contributed by atoms with Crippen LogP contribution < -0.4 is 5.32 Å². The number of amides is 2. The van der Waals surface area contributed by atoms with Crippen LogP contribution in [0.5, 0.6) is 0 Å². The van der Waals surface area contributed by atoms with Crippen LogP contribution in [0.1, 0.15) is 56.2 Å². The van der Waals surface area contributed by atoms with Crippen LogP contribution in [-0.2, 0) is 4.79 Å². The summed E-state index contributed by atoms with van der Waals surface area (Å²) in [4.78, 5) is 29.4. The molecule has 1 aromatic rings. The molecular weight excluding hydrogens is 312 g/mol. The normalized spacial score (nSPS) is 27.7. The fourth-order valence-electron chi connectivity index (χ4n) is 3.59. The van der Waals surface area contributed by atoms with Crippen molar-refractivity contribution in [2.75, 3.05) is 13.1 Å². The molecule has 2 aliphatic rings. The zero-order valence-electron chi connectivity index (χ0n) is 13.9. The van der Waals surface area contributed by atoms with Gasteiger partial charge in [0.2, 0.25) is 5.89 Å². The molecular formula is C16H24N4O4. The van der Waals surface area contributed by atoms with Gasteiger partial charge in [0.15, 0.2) is 5.82 Å². The predicted octanol–water partition coefficient (Wildman–Crippen LogP) is 1.91. The molecule has 0 radical (unpaired) electrons. The highest BCUT2D eigenvalue weighted by Crippen LogP contribution is 2.32. The van der Waals surface area contributed by atoms with Gasteiger partial charge in [-0.05, 0) is 45.4 Å². The topological polar surface area (TPSA) is 109 Å². The van der Waals surface area contributed by atoms with Gasteiger partial charge in [-0.2, -0.15) is 4.98 Å². The first-order chi connectivity index (χ1) is 11.5. The third-order valence-corrected chi connectivity index (χ3v) is 5.01. The standard InChI is InChI=1S/C16H24N4O4/c1-10-17-14(24-19-10)11-4-6-13(7-5-11)18-16(23)20-8-2-3-12(9-20)15(21)22/h11-13H,2-9H2,1H3,(H,18,23)(H,21,22). The molecule has 1 aliphatic carbocycles. The Balaban J connectivity index is 1.47. The maximum Gasteiger partial charge on any atom is 0.317 e. The van der Waals surface area contributed by atoms with Crippen molar-refractivity contribution in [1.82, 2.24) is 20.4 Å². The second-order valence-electron chi connectivity index (χ2n) is 6.80. The summed E-state index contributed by atoms with van der Waals surface area (Å²) in [5, 5.41) is 16.0. The lowest BCUT2D eigenvalue weighted by molar-refractivity contribution is -0.143. The van der Waals surface area contributed by atoms with Crippen LogP contribution in [0.15, 0.2) is 4.52 Å². The average Bonchev–Trinajstić information content (AvgIpc) is 3.02. The van der Waals surface area contributed by atoms with Crippen molar-refractivity contribution in [2.24, 2.45) is 5.92 Å². The molecule has 1 saturated heterocycles. The van der Waals surface area contributed by atoms with Gasteiger partial charge in [-0.15, -0.1) is 0 Å². The SMILES string of the molecule is Cc1noc(C2CCC(NC(=O)N3CCCC(C(=O)O)C3)CC2)n1. The second-order valence-corrected chi connectivity index (χ2v) is 6.80. The quantitative estimate of drug-likeness (QED) is 0.873. The Morgan fingerprint density at radius 3 is 2.62 bits per heavy atom. The molecule has 3 rings (SSSR count). The first kappa shape index (κ1) is 16.7. The molecule has 132 valence electrons. The van der Waals surface area contributed by atoms with Crippen molar-refractivity contribution in [1.29, 1.82) is 0 Å². The van der Waals surface area contributed by atoms with E-state index in [2.05, 4.69) is 15.5 Å². The van der Waals surface area contributed by atoms with E-state index in [0.717, 1.165) is 32.1 Å². The molecule has 1 atom stereocenters. The molecule has 1 unspecified atom stereocenters. The third-order valence-electron chi connectivity index (χ3n) is 5.01. The first-order valence-corrected chi connectivity index (χ1v) is 8.61. The number of carbonyl (C=O) groups excluding carboxylic acids is 1. The van der Waals surface area contributed by atoms with Gasteiger partial charge in [-0.25, -0.2) is 4.79 Å².